The summed E-state index contributed by atoms with van der Waals surface area (Å²) in [5, 5.41) is 0. The van der Waals surface area contributed by atoms with Gasteiger partial charge in [0.2, 0.25) is 0 Å². The van der Waals surface area contributed by atoms with Crippen molar-refractivity contribution in [2.45, 2.75) is 25.3 Å². The van der Waals surface area contributed by atoms with Gasteiger partial charge >= 0.3 is 0 Å². The van der Waals surface area contributed by atoms with E-state index in [-0.39, 0.29) is 11.3 Å². The van der Waals surface area contributed by atoms with Crippen LogP contribution in [0.3, 0.4) is 0 Å². The average Bonchev–Trinajstić information content (AvgIpc) is 3.31. The highest BCUT2D eigenvalue weighted by atomic mass is 16.2. The molecule has 0 bridgehead atoms. The summed E-state index contributed by atoms with van der Waals surface area (Å²) >= 11 is 0. The Morgan fingerprint density at radius 3 is 2.72 bits per heavy atom. The van der Waals surface area contributed by atoms with E-state index in [1.807, 2.05) is 48.5 Å². The molecule has 3 aromatic heterocycles. The van der Waals surface area contributed by atoms with E-state index in [0.717, 1.165) is 42.3 Å². The molecular weight excluding hydrogens is 364 g/mol. The minimum absolute atomic E-state index is 0.0602. The Hall–Kier alpha value is -3.35. The molecule has 7 heteroatoms. The molecule has 1 fully saturated rings. The van der Waals surface area contributed by atoms with Gasteiger partial charge in [0, 0.05) is 38.2 Å². The lowest BCUT2D eigenvalue weighted by Crippen LogP contribution is -2.38. The van der Waals surface area contributed by atoms with Crippen molar-refractivity contribution in [3.63, 3.8) is 0 Å². The lowest BCUT2D eigenvalue weighted by atomic mass is 9.85. The lowest BCUT2D eigenvalue weighted by molar-refractivity contribution is 0.0778. The van der Waals surface area contributed by atoms with Crippen molar-refractivity contribution in [1.82, 2.24) is 24.8 Å². The number of aromatic nitrogens is 4. The van der Waals surface area contributed by atoms with Crippen molar-refractivity contribution in [2.75, 3.05) is 24.5 Å². The van der Waals surface area contributed by atoms with Gasteiger partial charge < -0.3 is 9.80 Å². The number of likely N-dealkylation sites (tertiary alicyclic amines) is 1. The van der Waals surface area contributed by atoms with Gasteiger partial charge in [0.1, 0.15) is 5.69 Å². The molecule has 0 saturated carbocycles. The van der Waals surface area contributed by atoms with E-state index in [1.165, 1.54) is 0 Å². The van der Waals surface area contributed by atoms with Crippen molar-refractivity contribution in [1.29, 1.82) is 0 Å². The Balaban J connectivity index is 1.41. The van der Waals surface area contributed by atoms with Gasteiger partial charge in [-0.3, -0.25) is 19.7 Å². The Morgan fingerprint density at radius 2 is 1.93 bits per heavy atom. The monoisotopic (exact) mass is 386 g/mol. The number of hydrogen-bond donors (Lipinski definition) is 0. The van der Waals surface area contributed by atoms with Gasteiger partial charge in [-0.15, -0.1) is 0 Å². The van der Waals surface area contributed by atoms with Gasteiger partial charge in [0.05, 0.1) is 40.9 Å². The molecule has 5 rings (SSSR count). The Labute approximate surface area is 169 Å². The highest BCUT2D eigenvalue weighted by Gasteiger charge is 2.49. The molecule has 0 radical (unpaired) electrons. The first-order chi connectivity index (χ1) is 14.1. The number of pyridine rings is 2. The van der Waals surface area contributed by atoms with Gasteiger partial charge in [-0.05, 0) is 37.6 Å². The molecule has 7 nitrogen and oxygen atoms in total. The summed E-state index contributed by atoms with van der Waals surface area (Å²) in [6.07, 6.45) is 7.77. The van der Waals surface area contributed by atoms with Crippen LogP contribution in [0.4, 0.5) is 5.69 Å². The molecule has 1 atom stereocenters. The fraction of sp³-hybridized carbons (Fsp3) is 0.318. The van der Waals surface area contributed by atoms with Gasteiger partial charge in [-0.2, -0.15) is 0 Å². The van der Waals surface area contributed by atoms with Crippen LogP contribution in [0.2, 0.25) is 0 Å². The van der Waals surface area contributed by atoms with Gasteiger partial charge in [-0.1, -0.05) is 6.07 Å². The molecule has 1 saturated heterocycles. The number of rotatable bonds is 3. The molecule has 2 aliphatic heterocycles. The summed E-state index contributed by atoms with van der Waals surface area (Å²) in [5.74, 6) is -0.0602. The zero-order chi connectivity index (χ0) is 19.8. The highest BCUT2D eigenvalue weighted by molar-refractivity contribution is 5.92. The van der Waals surface area contributed by atoms with Gasteiger partial charge in [0.15, 0.2) is 0 Å². The van der Waals surface area contributed by atoms with E-state index in [2.05, 4.69) is 25.9 Å². The summed E-state index contributed by atoms with van der Waals surface area (Å²) in [6.45, 7) is 4.77. The van der Waals surface area contributed by atoms with Crippen molar-refractivity contribution >= 4 is 11.6 Å². The third-order valence-electron chi connectivity index (χ3n) is 5.84. The summed E-state index contributed by atoms with van der Waals surface area (Å²) in [4.78, 5) is 34.9. The van der Waals surface area contributed by atoms with Crippen LogP contribution in [0.5, 0.6) is 0 Å². The molecule has 1 amide bonds. The number of fused-ring (bicyclic) bond motifs is 2. The van der Waals surface area contributed by atoms with Crippen LogP contribution >= 0.6 is 0 Å². The molecule has 0 unspecified atom stereocenters. The number of anilines is 1. The topological polar surface area (TPSA) is 75.1 Å². The Kier molecular flexibility index (Phi) is 4.23. The first-order valence-corrected chi connectivity index (χ1v) is 9.83. The Morgan fingerprint density at radius 1 is 1.03 bits per heavy atom. The number of hydrogen-bond acceptors (Lipinski definition) is 6. The van der Waals surface area contributed by atoms with Crippen molar-refractivity contribution < 1.29 is 4.79 Å². The van der Waals surface area contributed by atoms with E-state index in [0.29, 0.717) is 18.8 Å². The van der Waals surface area contributed by atoms with Gasteiger partial charge in [-0.25, -0.2) is 4.98 Å². The second kappa shape index (κ2) is 6.92. The van der Waals surface area contributed by atoms with Crippen molar-refractivity contribution in [2.24, 2.45) is 0 Å². The van der Waals surface area contributed by atoms with Crippen molar-refractivity contribution in [3.8, 4) is 0 Å². The molecule has 2 aliphatic rings. The van der Waals surface area contributed by atoms with Crippen LogP contribution in [-0.4, -0.2) is 50.4 Å². The number of aryl methyl sites for hydroxylation is 1. The fourth-order valence-corrected chi connectivity index (χ4v) is 4.45. The van der Waals surface area contributed by atoms with Gasteiger partial charge in [0.25, 0.3) is 5.91 Å². The maximum atomic E-state index is 13.0. The summed E-state index contributed by atoms with van der Waals surface area (Å²) in [5.41, 5.74) is 4.30. The molecular formula is C22H22N6O. The zero-order valence-corrected chi connectivity index (χ0v) is 16.3. The number of carbonyl (C=O) groups is 1. The Bertz CT molecular complexity index is 1040. The highest BCUT2D eigenvalue weighted by Crippen LogP contribution is 2.45. The van der Waals surface area contributed by atoms with Crippen LogP contribution in [0.25, 0.3) is 0 Å². The number of carbonyl (C=O) groups excluding carboxylic acids is 1. The number of amides is 1. The molecule has 0 aromatic carbocycles. The average molecular weight is 386 g/mol. The van der Waals surface area contributed by atoms with Crippen LogP contribution in [0, 0.1) is 6.92 Å². The van der Waals surface area contributed by atoms with Crippen LogP contribution in [-0.2, 0) is 12.0 Å². The van der Waals surface area contributed by atoms with E-state index >= 15 is 0 Å². The fourth-order valence-electron chi connectivity index (χ4n) is 4.45. The van der Waals surface area contributed by atoms with E-state index < -0.39 is 0 Å². The van der Waals surface area contributed by atoms with E-state index in [4.69, 9.17) is 4.98 Å². The summed E-state index contributed by atoms with van der Waals surface area (Å²) < 4.78 is 0. The third-order valence-corrected chi connectivity index (χ3v) is 5.84. The second-order valence-corrected chi connectivity index (χ2v) is 7.85. The second-order valence-electron chi connectivity index (χ2n) is 7.85. The minimum Gasteiger partial charge on any atom is -0.363 e. The SMILES string of the molecule is Cc1cnc(C(=O)N2CC[C@]3(C2)CN(Cc2ccccn2)c2cccnc23)cn1. The van der Waals surface area contributed by atoms with Crippen LogP contribution in [0.1, 0.15) is 34.0 Å². The van der Waals surface area contributed by atoms with Crippen molar-refractivity contribution in [3.05, 3.63) is 77.9 Å². The van der Waals surface area contributed by atoms with E-state index in [9.17, 15) is 4.79 Å². The quantitative estimate of drug-likeness (QED) is 0.688. The molecule has 1 spiro atoms. The summed E-state index contributed by atoms with van der Waals surface area (Å²) in [6, 6.07) is 10.1. The van der Waals surface area contributed by atoms with E-state index in [1.54, 1.807) is 12.4 Å². The van der Waals surface area contributed by atoms with Crippen LogP contribution in [0.15, 0.2) is 55.1 Å². The predicted molar refractivity (Wildman–Crippen MR) is 108 cm³/mol. The molecule has 146 valence electrons. The maximum Gasteiger partial charge on any atom is 0.274 e. The molecule has 0 N–H and O–H groups in total. The normalized spacial score (nSPS) is 20.3. The maximum absolute atomic E-state index is 13.0. The first kappa shape index (κ1) is 17.7. The smallest absolute Gasteiger partial charge is 0.274 e. The lowest BCUT2D eigenvalue weighted by Gasteiger charge is -2.25. The third kappa shape index (κ3) is 3.12. The minimum atomic E-state index is -0.154. The summed E-state index contributed by atoms with van der Waals surface area (Å²) in [7, 11) is 0. The van der Waals surface area contributed by atoms with Crippen LogP contribution < -0.4 is 4.90 Å². The molecule has 5 heterocycles. The molecule has 29 heavy (non-hydrogen) atoms. The number of nitrogens with zero attached hydrogens (tertiary/aromatic N) is 6. The predicted octanol–water partition coefficient (Wildman–Crippen LogP) is 2.38. The standard InChI is InChI=1S/C22H22N6O/c1-16-11-26-18(12-25-16)21(29)27-10-7-22(14-27)15-28(13-17-5-2-3-8-23-17)19-6-4-9-24-20(19)22/h2-6,8-9,11-12H,7,10,13-15H2,1H3/t22-/m0/s1. The molecule has 3 aromatic rings. The zero-order valence-electron chi connectivity index (χ0n) is 16.3. The first-order valence-electron chi connectivity index (χ1n) is 9.83. The largest absolute Gasteiger partial charge is 0.363 e. The molecule has 0 aliphatic carbocycles.